The maximum Gasteiger partial charge on any atom is 0.325 e. The van der Waals surface area contributed by atoms with Gasteiger partial charge >= 0.3 is 6.03 Å². The number of carbonyl (C=O) groups excluding carboxylic acids is 3. The molecule has 0 radical (unpaired) electrons. The number of hydrogen-bond donors (Lipinski definition) is 1. The average Bonchev–Trinajstić information content (AvgIpc) is 3.23. The molecule has 1 aliphatic rings. The van der Waals surface area contributed by atoms with E-state index in [1.165, 1.54) is 6.26 Å². The van der Waals surface area contributed by atoms with E-state index in [1.54, 1.807) is 19.1 Å². The second-order valence-corrected chi connectivity index (χ2v) is 7.10. The summed E-state index contributed by atoms with van der Waals surface area (Å²) >= 11 is 0. The van der Waals surface area contributed by atoms with E-state index >= 15 is 0 Å². The molecule has 3 amide bonds. The van der Waals surface area contributed by atoms with Crippen molar-refractivity contribution < 1.29 is 18.8 Å². The highest BCUT2D eigenvalue weighted by Crippen LogP contribution is 2.29. The lowest BCUT2D eigenvalue weighted by Crippen LogP contribution is -2.41. The van der Waals surface area contributed by atoms with Crippen LogP contribution < -0.4 is 5.32 Å². The quantitative estimate of drug-likeness (QED) is 0.659. The molecule has 7 heteroatoms. The predicted octanol–water partition coefficient (Wildman–Crippen LogP) is 2.93. The molecule has 1 fully saturated rings. The fourth-order valence-electron chi connectivity index (χ4n) is 3.65. The second-order valence-electron chi connectivity index (χ2n) is 7.10. The van der Waals surface area contributed by atoms with Crippen LogP contribution in [0.25, 0.3) is 0 Å². The highest BCUT2D eigenvalue weighted by Gasteiger charge is 2.51. The third-order valence-electron chi connectivity index (χ3n) is 4.89. The van der Waals surface area contributed by atoms with Gasteiger partial charge in [0.15, 0.2) is 11.3 Å². The van der Waals surface area contributed by atoms with Crippen LogP contribution in [0.1, 0.15) is 54.3 Å². The molecule has 3 rings (SSSR count). The zero-order valence-corrected chi connectivity index (χ0v) is 15.6. The first-order valence-corrected chi connectivity index (χ1v) is 8.56. The Morgan fingerprint density at radius 2 is 2.00 bits per heavy atom. The summed E-state index contributed by atoms with van der Waals surface area (Å²) in [5.74, 6) is -0.426. The van der Waals surface area contributed by atoms with Crippen molar-refractivity contribution in [2.75, 3.05) is 6.54 Å². The fraction of sp³-hybridized carbons (Fsp3) is 0.421. The third-order valence-corrected chi connectivity index (χ3v) is 4.89. The molecule has 26 heavy (non-hydrogen) atoms. The molecule has 138 valence electrons. The number of furan rings is 1. The summed E-state index contributed by atoms with van der Waals surface area (Å²) in [5.41, 5.74) is 1.04. The van der Waals surface area contributed by atoms with E-state index in [0.717, 1.165) is 16.3 Å². The molecule has 0 aromatic carbocycles. The van der Waals surface area contributed by atoms with Gasteiger partial charge in [0.1, 0.15) is 5.76 Å². The van der Waals surface area contributed by atoms with Crippen molar-refractivity contribution in [2.24, 2.45) is 0 Å². The Bertz CT molecular complexity index is 879. The van der Waals surface area contributed by atoms with Crippen LogP contribution in [-0.4, -0.2) is 33.7 Å². The molecule has 1 saturated heterocycles. The van der Waals surface area contributed by atoms with Crippen molar-refractivity contribution in [1.29, 1.82) is 0 Å². The topological polar surface area (TPSA) is 84.6 Å². The van der Waals surface area contributed by atoms with Crippen molar-refractivity contribution >= 4 is 17.7 Å². The molecule has 1 aliphatic heterocycles. The normalized spacial score (nSPS) is 20.2. The lowest BCUT2D eigenvalue weighted by Gasteiger charge is -2.18. The van der Waals surface area contributed by atoms with Gasteiger partial charge in [0.25, 0.3) is 5.91 Å². The smallest absolute Gasteiger partial charge is 0.325 e. The van der Waals surface area contributed by atoms with Gasteiger partial charge in [-0.05, 0) is 52.8 Å². The Labute approximate surface area is 152 Å². The third kappa shape index (κ3) is 2.64. The number of aryl methyl sites for hydroxylation is 1. The molecule has 3 heterocycles. The van der Waals surface area contributed by atoms with E-state index in [2.05, 4.69) is 9.88 Å². The number of imide groups is 1. The SMILES string of the molecule is Cc1cc(C(=O)CN2C(=O)N[C@](C)(c3ccco3)C2=O)c(C)n1C(C)C. The van der Waals surface area contributed by atoms with E-state index in [1.807, 2.05) is 33.8 Å². The van der Waals surface area contributed by atoms with Crippen LogP contribution in [0.15, 0.2) is 28.9 Å². The van der Waals surface area contributed by atoms with E-state index in [4.69, 9.17) is 4.42 Å². The monoisotopic (exact) mass is 357 g/mol. The summed E-state index contributed by atoms with van der Waals surface area (Å²) < 4.78 is 7.35. The van der Waals surface area contributed by atoms with Crippen molar-refractivity contribution in [2.45, 2.75) is 46.2 Å². The Hall–Kier alpha value is -2.83. The standard InChI is InChI=1S/C19H23N3O4/c1-11(2)22-12(3)9-14(13(22)4)15(23)10-21-17(24)19(5,20-18(21)25)16-7-6-8-26-16/h6-9,11H,10H2,1-5H3,(H,20,25)/t19-/m1/s1. The number of ketones is 1. The van der Waals surface area contributed by atoms with Crippen LogP contribution in [0.2, 0.25) is 0 Å². The fourth-order valence-corrected chi connectivity index (χ4v) is 3.65. The van der Waals surface area contributed by atoms with Crippen LogP contribution in [-0.2, 0) is 10.3 Å². The zero-order valence-electron chi connectivity index (χ0n) is 15.6. The zero-order chi connectivity index (χ0) is 19.2. The first-order chi connectivity index (χ1) is 12.2. The number of nitrogens with zero attached hydrogens (tertiary/aromatic N) is 2. The van der Waals surface area contributed by atoms with Gasteiger partial charge in [-0.15, -0.1) is 0 Å². The van der Waals surface area contributed by atoms with Crippen LogP contribution in [0, 0.1) is 13.8 Å². The lowest BCUT2D eigenvalue weighted by molar-refractivity contribution is -0.131. The van der Waals surface area contributed by atoms with Crippen molar-refractivity contribution in [3.63, 3.8) is 0 Å². The van der Waals surface area contributed by atoms with Crippen molar-refractivity contribution in [3.8, 4) is 0 Å². The van der Waals surface area contributed by atoms with Gasteiger partial charge in [-0.3, -0.25) is 14.5 Å². The summed E-state index contributed by atoms with van der Waals surface area (Å²) in [5, 5.41) is 2.63. The molecule has 2 aromatic heterocycles. The Balaban J connectivity index is 1.86. The largest absolute Gasteiger partial charge is 0.466 e. The first kappa shape index (κ1) is 18.0. The Kier molecular flexibility index (Phi) is 4.26. The number of amides is 3. The van der Waals surface area contributed by atoms with Crippen molar-refractivity contribution in [3.05, 3.63) is 47.2 Å². The minimum atomic E-state index is -1.30. The molecule has 0 unspecified atom stereocenters. The van der Waals surface area contributed by atoms with Crippen LogP contribution in [0.3, 0.4) is 0 Å². The molecule has 0 aliphatic carbocycles. The highest BCUT2D eigenvalue weighted by molar-refractivity contribution is 6.11. The number of aromatic nitrogens is 1. The molecule has 1 N–H and O–H groups in total. The molecule has 0 saturated carbocycles. The molecule has 1 atom stereocenters. The number of hydrogen-bond acceptors (Lipinski definition) is 4. The molecule has 7 nitrogen and oxygen atoms in total. The number of Topliss-reactive ketones (excluding diaryl/α,β-unsaturated/α-hetero) is 1. The van der Waals surface area contributed by atoms with Gasteiger partial charge in [0, 0.05) is 23.0 Å². The molecule has 2 aromatic rings. The average molecular weight is 357 g/mol. The van der Waals surface area contributed by atoms with Crippen LogP contribution >= 0.6 is 0 Å². The molecule has 0 spiro atoms. The lowest BCUT2D eigenvalue weighted by atomic mass is 9.99. The highest BCUT2D eigenvalue weighted by atomic mass is 16.3. The van der Waals surface area contributed by atoms with Crippen LogP contribution in [0.5, 0.6) is 0 Å². The summed E-state index contributed by atoms with van der Waals surface area (Å²) in [6.45, 7) is 9.16. The maximum atomic E-state index is 12.8. The number of rotatable bonds is 5. The van der Waals surface area contributed by atoms with E-state index in [9.17, 15) is 14.4 Å². The predicted molar refractivity (Wildman–Crippen MR) is 94.9 cm³/mol. The molecular weight excluding hydrogens is 334 g/mol. The van der Waals surface area contributed by atoms with Gasteiger partial charge in [-0.1, -0.05) is 0 Å². The Morgan fingerprint density at radius 3 is 2.54 bits per heavy atom. The van der Waals surface area contributed by atoms with E-state index < -0.39 is 17.5 Å². The summed E-state index contributed by atoms with van der Waals surface area (Å²) in [4.78, 5) is 38.9. The first-order valence-electron chi connectivity index (χ1n) is 8.56. The Morgan fingerprint density at radius 1 is 1.31 bits per heavy atom. The molecular formula is C19H23N3O4. The van der Waals surface area contributed by atoms with E-state index in [0.29, 0.717) is 11.3 Å². The molecule has 0 bridgehead atoms. The number of urea groups is 1. The van der Waals surface area contributed by atoms with Gasteiger partial charge < -0.3 is 14.3 Å². The van der Waals surface area contributed by atoms with Crippen LogP contribution in [0.4, 0.5) is 4.79 Å². The minimum absolute atomic E-state index is 0.218. The number of carbonyl (C=O) groups is 3. The van der Waals surface area contributed by atoms with Gasteiger partial charge in [0.2, 0.25) is 0 Å². The van der Waals surface area contributed by atoms with Gasteiger partial charge in [-0.25, -0.2) is 4.79 Å². The minimum Gasteiger partial charge on any atom is -0.466 e. The summed E-state index contributed by atoms with van der Waals surface area (Å²) in [7, 11) is 0. The van der Waals surface area contributed by atoms with Gasteiger partial charge in [0.05, 0.1) is 12.8 Å². The van der Waals surface area contributed by atoms with Crippen molar-refractivity contribution in [1.82, 2.24) is 14.8 Å². The number of nitrogens with one attached hydrogen (secondary N) is 1. The summed E-state index contributed by atoms with van der Waals surface area (Å²) in [6, 6.07) is 4.70. The van der Waals surface area contributed by atoms with Gasteiger partial charge in [-0.2, -0.15) is 0 Å². The van der Waals surface area contributed by atoms with E-state index in [-0.39, 0.29) is 18.4 Å². The second kappa shape index (κ2) is 6.16. The maximum absolute atomic E-state index is 12.8. The summed E-state index contributed by atoms with van der Waals surface area (Å²) in [6.07, 6.45) is 1.44.